The zero-order chi connectivity index (χ0) is 24.1. The molecule has 0 radical (unpaired) electrons. The smallest absolute Gasteiger partial charge is 0.307 e. The van der Waals surface area contributed by atoms with E-state index in [1.807, 2.05) is 66.9 Å². The number of esters is 1. The van der Waals surface area contributed by atoms with E-state index in [1.165, 1.54) is 6.20 Å². The summed E-state index contributed by atoms with van der Waals surface area (Å²) < 4.78 is 35.9. The highest BCUT2D eigenvalue weighted by molar-refractivity contribution is 7.89. The van der Waals surface area contributed by atoms with Crippen molar-refractivity contribution >= 4 is 16.0 Å². The summed E-state index contributed by atoms with van der Waals surface area (Å²) in [7, 11) is -2.09. The van der Waals surface area contributed by atoms with Crippen LogP contribution in [0.2, 0.25) is 0 Å². The van der Waals surface area contributed by atoms with Gasteiger partial charge in [-0.15, -0.1) is 0 Å². The van der Waals surface area contributed by atoms with Gasteiger partial charge in [-0.05, 0) is 19.1 Å². The van der Waals surface area contributed by atoms with Crippen molar-refractivity contribution < 1.29 is 17.9 Å². The first-order valence-corrected chi connectivity index (χ1v) is 12.2. The standard InChI is InChI=1S/C24H25N5O4S/c1-18-26-22(16-28(18)2)34(31,32)25-14-13-23(30)33-17-20-15-29(21-11-7-4-8-12-21)27-24(20)19-9-5-3-6-10-19/h3-12,15-16,25H,13-14,17H2,1-2H3. The number of ether oxygens (including phenoxy) is 1. The molecule has 4 aromatic rings. The lowest BCUT2D eigenvalue weighted by Crippen LogP contribution is -2.27. The lowest BCUT2D eigenvalue weighted by atomic mass is 10.1. The molecule has 0 bridgehead atoms. The van der Waals surface area contributed by atoms with Crippen molar-refractivity contribution in [2.75, 3.05) is 6.54 Å². The zero-order valence-electron chi connectivity index (χ0n) is 18.9. The molecule has 2 aromatic carbocycles. The molecule has 0 fully saturated rings. The molecular weight excluding hydrogens is 454 g/mol. The molecule has 0 aliphatic rings. The van der Waals surface area contributed by atoms with Gasteiger partial charge in [0, 0.05) is 37.1 Å². The molecule has 0 atom stereocenters. The number of carbonyl (C=O) groups is 1. The molecule has 9 nitrogen and oxygen atoms in total. The van der Waals surface area contributed by atoms with Crippen LogP contribution in [-0.4, -0.2) is 40.3 Å². The van der Waals surface area contributed by atoms with Crippen molar-refractivity contribution in [1.29, 1.82) is 0 Å². The molecule has 2 heterocycles. The third kappa shape index (κ3) is 5.41. The number of carbonyl (C=O) groups excluding carboxylic acids is 1. The predicted molar refractivity (Wildman–Crippen MR) is 127 cm³/mol. The Kier molecular flexibility index (Phi) is 6.90. The van der Waals surface area contributed by atoms with Crippen LogP contribution in [0.15, 0.2) is 78.1 Å². The second-order valence-corrected chi connectivity index (χ2v) is 9.41. The van der Waals surface area contributed by atoms with Gasteiger partial charge < -0.3 is 9.30 Å². The van der Waals surface area contributed by atoms with Crippen LogP contribution >= 0.6 is 0 Å². The molecule has 4 rings (SSSR count). The van der Waals surface area contributed by atoms with E-state index in [9.17, 15) is 13.2 Å². The van der Waals surface area contributed by atoms with Crippen LogP contribution in [0.4, 0.5) is 0 Å². The average molecular weight is 480 g/mol. The highest BCUT2D eigenvalue weighted by Gasteiger charge is 2.19. The van der Waals surface area contributed by atoms with Crippen molar-refractivity contribution in [3.63, 3.8) is 0 Å². The van der Waals surface area contributed by atoms with Gasteiger partial charge in [0.25, 0.3) is 10.0 Å². The van der Waals surface area contributed by atoms with E-state index >= 15 is 0 Å². The zero-order valence-corrected chi connectivity index (χ0v) is 19.7. The second kappa shape index (κ2) is 10.0. The first kappa shape index (κ1) is 23.4. The molecule has 0 unspecified atom stereocenters. The van der Waals surface area contributed by atoms with Gasteiger partial charge in [-0.2, -0.15) is 5.10 Å². The van der Waals surface area contributed by atoms with E-state index < -0.39 is 16.0 Å². The number of sulfonamides is 1. The largest absolute Gasteiger partial charge is 0.461 e. The predicted octanol–water partition coefficient (Wildman–Crippen LogP) is 2.99. The number of para-hydroxylation sites is 1. The van der Waals surface area contributed by atoms with Gasteiger partial charge in [0.1, 0.15) is 12.4 Å². The third-order valence-electron chi connectivity index (χ3n) is 5.23. The van der Waals surface area contributed by atoms with Gasteiger partial charge in [-0.1, -0.05) is 48.5 Å². The molecule has 1 N–H and O–H groups in total. The normalized spacial score (nSPS) is 11.5. The van der Waals surface area contributed by atoms with Crippen molar-refractivity contribution in [1.82, 2.24) is 24.1 Å². The Morgan fingerprint density at radius 3 is 2.35 bits per heavy atom. The molecular formula is C24H25N5O4S. The van der Waals surface area contributed by atoms with Crippen molar-refractivity contribution in [3.05, 3.63) is 84.4 Å². The van der Waals surface area contributed by atoms with E-state index in [2.05, 4.69) is 9.71 Å². The van der Waals surface area contributed by atoms with Crippen molar-refractivity contribution in [2.24, 2.45) is 7.05 Å². The van der Waals surface area contributed by atoms with Crippen LogP contribution in [-0.2, 0) is 33.2 Å². The summed E-state index contributed by atoms with van der Waals surface area (Å²) in [6, 6.07) is 19.3. The number of imidazole rings is 1. The highest BCUT2D eigenvalue weighted by Crippen LogP contribution is 2.24. The Balaban J connectivity index is 1.40. The quantitative estimate of drug-likeness (QED) is 0.370. The molecule has 0 aliphatic heterocycles. The number of hydrogen-bond donors (Lipinski definition) is 1. The summed E-state index contributed by atoms with van der Waals surface area (Å²) in [6.45, 7) is 1.63. The van der Waals surface area contributed by atoms with Crippen LogP contribution in [0.5, 0.6) is 0 Å². The highest BCUT2D eigenvalue weighted by atomic mass is 32.2. The Labute approximate surface area is 198 Å². The van der Waals surface area contributed by atoms with Crippen molar-refractivity contribution in [3.8, 4) is 16.9 Å². The number of hydrogen-bond acceptors (Lipinski definition) is 6. The fraction of sp³-hybridized carbons (Fsp3) is 0.208. The Morgan fingerprint density at radius 1 is 1.03 bits per heavy atom. The minimum absolute atomic E-state index is 0.0160. The van der Waals surface area contributed by atoms with Gasteiger partial charge in [0.2, 0.25) is 0 Å². The lowest BCUT2D eigenvalue weighted by Gasteiger charge is -2.06. The Morgan fingerprint density at radius 2 is 1.71 bits per heavy atom. The summed E-state index contributed by atoms with van der Waals surface area (Å²) in [6.07, 6.45) is 3.14. The van der Waals surface area contributed by atoms with Gasteiger partial charge in [-0.25, -0.2) is 22.8 Å². The number of nitrogens with one attached hydrogen (secondary N) is 1. The van der Waals surface area contributed by atoms with Crippen LogP contribution in [0, 0.1) is 6.92 Å². The Bertz CT molecular complexity index is 1360. The average Bonchev–Trinajstić information content (AvgIpc) is 3.42. The van der Waals surface area contributed by atoms with Gasteiger partial charge in [-0.3, -0.25) is 4.79 Å². The first-order chi connectivity index (χ1) is 16.3. The van der Waals surface area contributed by atoms with Crippen molar-refractivity contribution in [2.45, 2.75) is 25.0 Å². The summed E-state index contributed by atoms with van der Waals surface area (Å²) in [5.41, 5.74) is 3.24. The van der Waals surface area contributed by atoms with E-state index in [-0.39, 0.29) is 24.6 Å². The van der Waals surface area contributed by atoms with E-state index in [1.54, 1.807) is 23.2 Å². The minimum Gasteiger partial charge on any atom is -0.461 e. The molecule has 0 aliphatic carbocycles. The fourth-order valence-corrected chi connectivity index (χ4v) is 4.38. The van der Waals surface area contributed by atoms with Crippen LogP contribution in [0.1, 0.15) is 17.8 Å². The molecule has 10 heteroatoms. The van der Waals surface area contributed by atoms with Gasteiger partial charge >= 0.3 is 5.97 Å². The first-order valence-electron chi connectivity index (χ1n) is 10.7. The maximum Gasteiger partial charge on any atom is 0.307 e. The molecule has 34 heavy (non-hydrogen) atoms. The van der Waals surface area contributed by atoms with Crippen LogP contribution in [0.25, 0.3) is 16.9 Å². The van der Waals surface area contributed by atoms with E-state index in [4.69, 9.17) is 9.84 Å². The molecule has 0 saturated heterocycles. The monoisotopic (exact) mass is 479 g/mol. The summed E-state index contributed by atoms with van der Waals surface area (Å²) >= 11 is 0. The molecule has 2 aromatic heterocycles. The van der Waals surface area contributed by atoms with Gasteiger partial charge in [0.15, 0.2) is 5.03 Å². The second-order valence-electron chi connectivity index (χ2n) is 7.69. The molecule has 0 spiro atoms. The number of rotatable bonds is 9. The van der Waals surface area contributed by atoms with E-state index in [0.29, 0.717) is 11.5 Å². The molecule has 0 amide bonds. The summed E-state index contributed by atoms with van der Waals surface area (Å²) in [4.78, 5) is 16.3. The number of aromatic nitrogens is 4. The number of benzene rings is 2. The van der Waals surface area contributed by atoms with Crippen LogP contribution < -0.4 is 4.72 Å². The minimum atomic E-state index is -3.80. The topological polar surface area (TPSA) is 108 Å². The SMILES string of the molecule is Cc1nc(S(=O)(=O)NCCC(=O)OCc2cn(-c3ccccc3)nc2-c2ccccc2)cn1C. The maximum atomic E-state index is 12.3. The lowest BCUT2D eigenvalue weighted by molar-refractivity contribution is -0.144. The Hall–Kier alpha value is -3.76. The third-order valence-corrected chi connectivity index (χ3v) is 6.56. The fourth-order valence-electron chi connectivity index (χ4n) is 3.31. The number of aryl methyl sites for hydroxylation is 2. The summed E-state index contributed by atoms with van der Waals surface area (Å²) in [5, 5.41) is 4.61. The van der Waals surface area contributed by atoms with Crippen LogP contribution in [0.3, 0.4) is 0 Å². The summed E-state index contributed by atoms with van der Waals surface area (Å²) in [5.74, 6) is 0.0522. The number of nitrogens with zero attached hydrogens (tertiary/aromatic N) is 4. The van der Waals surface area contributed by atoms with E-state index in [0.717, 1.165) is 16.8 Å². The molecule has 0 saturated carbocycles. The maximum absolute atomic E-state index is 12.3. The van der Waals surface area contributed by atoms with Gasteiger partial charge in [0.05, 0.1) is 17.8 Å². The molecule has 176 valence electrons.